The van der Waals surface area contributed by atoms with Gasteiger partial charge in [0.15, 0.2) is 11.5 Å². The number of primary amides is 1. The molecule has 0 aliphatic carbocycles. The van der Waals surface area contributed by atoms with Crippen molar-refractivity contribution in [2.45, 2.75) is 33.2 Å². The number of hydrogen-bond donors (Lipinski definition) is 2. The van der Waals surface area contributed by atoms with Gasteiger partial charge in [-0.15, -0.1) is 0 Å². The first-order valence-electron chi connectivity index (χ1n) is 10.1. The van der Waals surface area contributed by atoms with E-state index < -0.39 is 4.92 Å². The van der Waals surface area contributed by atoms with Crippen molar-refractivity contribution in [3.05, 3.63) is 51.5 Å². The van der Waals surface area contributed by atoms with Gasteiger partial charge in [0.05, 0.1) is 18.2 Å². The number of amides is 2. The Labute approximate surface area is 200 Å². The molecule has 2 heterocycles. The lowest BCUT2D eigenvalue weighted by Crippen LogP contribution is -3.00. The number of carbonyl (C=O) groups is 3. The van der Waals surface area contributed by atoms with Crippen LogP contribution in [-0.4, -0.2) is 58.3 Å². The number of nitrogens with zero attached hydrogens (tertiary/aromatic N) is 4. The van der Waals surface area contributed by atoms with E-state index in [2.05, 4.69) is 10.3 Å². The van der Waals surface area contributed by atoms with Crippen LogP contribution in [0.1, 0.15) is 32.3 Å². The summed E-state index contributed by atoms with van der Waals surface area (Å²) in [6.07, 6.45) is 1.36. The minimum Gasteiger partial charge on any atom is -1.00 e. The van der Waals surface area contributed by atoms with Crippen LogP contribution in [0.25, 0.3) is 0 Å². The number of nitrogens with two attached hydrogens (primary N) is 1. The van der Waals surface area contributed by atoms with Crippen molar-refractivity contribution >= 4 is 29.4 Å². The number of hydrogen-bond acceptors (Lipinski definition) is 9. The lowest BCUT2D eigenvalue weighted by molar-refractivity contribution is -0.454. The average Bonchev–Trinajstić information content (AvgIpc) is 3.05. The second kappa shape index (κ2) is 11.5. The summed E-state index contributed by atoms with van der Waals surface area (Å²) >= 11 is 0. The van der Waals surface area contributed by atoms with E-state index in [0.717, 1.165) is 5.56 Å². The topological polar surface area (TPSA) is 151 Å². The second-order valence-corrected chi connectivity index (χ2v) is 7.43. The normalized spacial score (nSPS) is 15.0. The maximum Gasteiger partial charge on any atom is 0.370 e. The molecule has 1 aromatic rings. The molecule has 178 valence electrons. The van der Waals surface area contributed by atoms with E-state index in [0.29, 0.717) is 50.7 Å². The summed E-state index contributed by atoms with van der Waals surface area (Å²) in [5, 5.41) is 14.7. The van der Waals surface area contributed by atoms with Crippen molar-refractivity contribution in [3.8, 4) is 0 Å². The Bertz CT molecular complexity index is 993. The van der Waals surface area contributed by atoms with Gasteiger partial charge in [-0.1, -0.05) is 12.1 Å². The lowest BCUT2D eigenvalue weighted by atomic mass is 10.2. The highest BCUT2D eigenvalue weighted by atomic mass is 79.9. The molecule has 2 aliphatic rings. The molecule has 13 heteroatoms. The van der Waals surface area contributed by atoms with Crippen LogP contribution in [0.15, 0.2) is 40.8 Å². The number of nitrogens with one attached hydrogen (secondary N) is 1. The summed E-state index contributed by atoms with van der Waals surface area (Å²) in [6.45, 7) is 4.34. The number of benzene rings is 1. The number of carbonyl (C=O) groups excluding carboxylic acids is 3. The Morgan fingerprint density at radius 1 is 1.21 bits per heavy atom. The molecule has 0 aromatic heterocycles. The summed E-state index contributed by atoms with van der Waals surface area (Å²) in [7, 11) is 0. The highest BCUT2D eigenvalue weighted by molar-refractivity contribution is 6.00. The van der Waals surface area contributed by atoms with E-state index in [1.807, 2.05) is 9.80 Å². The number of nitro groups is 1. The fourth-order valence-electron chi connectivity index (χ4n) is 3.48. The zero-order valence-electron chi connectivity index (χ0n) is 18.2. The molecule has 0 fully saturated rings. The molecule has 12 nitrogen and oxygen atoms in total. The Balaban J connectivity index is 0.00000385. The third kappa shape index (κ3) is 6.83. The first kappa shape index (κ1) is 25.9. The first-order valence-corrected chi connectivity index (χ1v) is 10.1. The fourth-order valence-corrected chi connectivity index (χ4v) is 3.48. The van der Waals surface area contributed by atoms with E-state index in [-0.39, 0.29) is 46.4 Å². The third-order valence-electron chi connectivity index (χ3n) is 4.85. The lowest BCUT2D eigenvalue weighted by Gasteiger charge is -2.22. The zero-order valence-corrected chi connectivity index (χ0v) is 19.8. The molecule has 3 rings (SSSR count). The molecule has 33 heavy (non-hydrogen) atoms. The Morgan fingerprint density at radius 3 is 2.52 bits per heavy atom. The minimum atomic E-state index is -0.463. The van der Waals surface area contributed by atoms with Crippen molar-refractivity contribution in [1.82, 2.24) is 15.1 Å². The first-order chi connectivity index (χ1) is 15.2. The number of guanidine groups is 1. The van der Waals surface area contributed by atoms with Gasteiger partial charge in [0.25, 0.3) is 5.69 Å². The molecule has 2 amide bonds. The minimum absolute atomic E-state index is 0. The van der Waals surface area contributed by atoms with Crippen LogP contribution in [0, 0.1) is 10.1 Å². The zero-order chi connectivity index (χ0) is 23.3. The predicted molar refractivity (Wildman–Crippen MR) is 111 cm³/mol. The van der Waals surface area contributed by atoms with Crippen molar-refractivity contribution in [3.63, 3.8) is 0 Å². The molecular formula is C20H25BrN6O6. The molecule has 0 spiro atoms. The number of halogens is 1. The molecule has 1 aromatic carbocycles. The van der Waals surface area contributed by atoms with Crippen LogP contribution < -0.4 is 27.6 Å². The molecule has 0 atom stereocenters. The van der Waals surface area contributed by atoms with E-state index in [1.54, 1.807) is 12.1 Å². The van der Waals surface area contributed by atoms with Crippen molar-refractivity contribution in [2.24, 2.45) is 4.99 Å². The quantitative estimate of drug-likeness (QED) is 0.156. The largest absolute Gasteiger partial charge is 1.00 e. The Kier molecular flexibility index (Phi) is 9.05. The molecular weight excluding hydrogens is 500 g/mol. The molecule has 0 radical (unpaired) electrons. The van der Waals surface area contributed by atoms with E-state index >= 15 is 0 Å². The molecule has 0 bridgehead atoms. The van der Waals surface area contributed by atoms with Crippen LogP contribution in [-0.2, 0) is 25.7 Å². The summed E-state index contributed by atoms with van der Waals surface area (Å²) in [5.41, 5.74) is 1.22. The van der Waals surface area contributed by atoms with E-state index in [1.165, 1.54) is 31.3 Å². The number of unbranched alkanes of at least 4 members (excludes halogenated alkanes) is 1. The van der Waals surface area contributed by atoms with Gasteiger partial charge in [-0.05, 0) is 18.4 Å². The maximum atomic E-state index is 12.8. The van der Waals surface area contributed by atoms with Crippen molar-refractivity contribution in [1.29, 1.82) is 0 Å². The van der Waals surface area contributed by atoms with Gasteiger partial charge in [-0.2, -0.15) is 4.99 Å². The summed E-state index contributed by atoms with van der Waals surface area (Å²) in [4.78, 5) is 53.9. The van der Waals surface area contributed by atoms with Crippen LogP contribution >= 0.6 is 0 Å². The monoisotopic (exact) mass is 524 g/mol. The van der Waals surface area contributed by atoms with E-state index in [4.69, 9.17) is 4.74 Å². The number of nitro benzene ring substituents is 1. The Hall–Kier alpha value is -3.32. The summed E-state index contributed by atoms with van der Waals surface area (Å²) < 4.78 is 4.96. The SMILES string of the molecule is CC(=O)NC1=NC2=C(C(=O)[NH2+]1)N(Cc1ccc([N+](=O)[O-])cc1)CN2CCCCOC(C)=O.[Br-]. The second-order valence-electron chi connectivity index (χ2n) is 7.43. The van der Waals surface area contributed by atoms with Gasteiger partial charge in [0, 0.05) is 39.1 Å². The maximum absolute atomic E-state index is 12.8. The van der Waals surface area contributed by atoms with Gasteiger partial charge in [-0.25, -0.2) is 10.1 Å². The number of quaternary nitrogens is 1. The predicted octanol–water partition coefficient (Wildman–Crippen LogP) is -3.22. The number of rotatable bonds is 8. The van der Waals surface area contributed by atoms with Crippen LogP contribution in [0.4, 0.5) is 5.69 Å². The van der Waals surface area contributed by atoms with Crippen molar-refractivity contribution in [2.75, 3.05) is 19.8 Å². The smallest absolute Gasteiger partial charge is 0.370 e. The summed E-state index contributed by atoms with van der Waals surface area (Å²) in [5.74, 6) is -0.281. The third-order valence-corrected chi connectivity index (χ3v) is 4.85. The van der Waals surface area contributed by atoms with Crippen LogP contribution in [0.5, 0.6) is 0 Å². The highest BCUT2D eigenvalue weighted by Crippen LogP contribution is 2.28. The van der Waals surface area contributed by atoms with E-state index in [9.17, 15) is 24.5 Å². The van der Waals surface area contributed by atoms with Gasteiger partial charge in [-0.3, -0.25) is 25.0 Å². The van der Waals surface area contributed by atoms with Gasteiger partial charge < -0.3 is 31.5 Å². The molecule has 2 aliphatic heterocycles. The molecule has 3 N–H and O–H groups in total. The number of ether oxygens (including phenoxy) is 1. The molecule has 0 saturated heterocycles. The van der Waals surface area contributed by atoms with Gasteiger partial charge in [0.2, 0.25) is 5.91 Å². The van der Waals surface area contributed by atoms with Crippen LogP contribution in [0.2, 0.25) is 0 Å². The molecule has 0 unspecified atom stereocenters. The standard InChI is InChI=1S/C20H24N6O6.BrH/c1-13(27)21-20-22-18-17(19(29)23-20)25(11-15-5-7-16(8-6-15)26(30)31)12-24(18)9-3-4-10-32-14(2)28;/h5-8H,3-4,9-12H2,1-2H3,(H2,21,22,23,27,29);1H. The average molecular weight is 525 g/mol. The number of non-ortho nitro benzene ring substituents is 1. The number of aliphatic imine (C=N–C) groups is 1. The number of esters is 1. The fraction of sp³-hybridized carbons (Fsp3) is 0.400. The highest BCUT2D eigenvalue weighted by Gasteiger charge is 2.40. The van der Waals surface area contributed by atoms with Gasteiger partial charge >= 0.3 is 17.8 Å². The van der Waals surface area contributed by atoms with Crippen molar-refractivity contribution < 1.29 is 46.3 Å². The Morgan fingerprint density at radius 2 is 1.91 bits per heavy atom. The summed E-state index contributed by atoms with van der Waals surface area (Å²) in [6, 6.07) is 6.16. The molecule has 0 saturated carbocycles. The van der Waals surface area contributed by atoms with Gasteiger partial charge in [0.1, 0.15) is 0 Å². The van der Waals surface area contributed by atoms with Crippen LogP contribution in [0.3, 0.4) is 0 Å².